The molecule has 13 heteroatoms. The molecule has 1 saturated heterocycles. The second-order valence-corrected chi connectivity index (χ2v) is 10.8. The summed E-state index contributed by atoms with van der Waals surface area (Å²) >= 11 is 0. The molecule has 1 heterocycles. The zero-order valence-electron chi connectivity index (χ0n) is 21.7. The normalized spacial score (nSPS) is 15.9. The average molecular weight is 559 g/mol. The summed E-state index contributed by atoms with van der Waals surface area (Å²) in [7, 11) is -2.60. The van der Waals surface area contributed by atoms with Crippen molar-refractivity contribution < 1.29 is 27.5 Å². The van der Waals surface area contributed by atoms with Gasteiger partial charge in [0.1, 0.15) is 23.7 Å². The van der Waals surface area contributed by atoms with E-state index in [-0.39, 0.29) is 29.3 Å². The molecular formula is C26H34N6O6S. The predicted octanol–water partition coefficient (Wildman–Crippen LogP) is 0.703. The number of unbranched alkanes of at least 4 members (excludes halogenated alkanes) is 1. The van der Waals surface area contributed by atoms with Crippen LogP contribution in [-0.4, -0.2) is 69.2 Å². The summed E-state index contributed by atoms with van der Waals surface area (Å²) in [6.07, 6.45) is 2.13. The fourth-order valence-corrected chi connectivity index (χ4v) is 5.53. The number of nitrogens with one attached hydrogen (secondary N) is 3. The Morgan fingerprint density at radius 2 is 1.72 bits per heavy atom. The van der Waals surface area contributed by atoms with Crippen molar-refractivity contribution in [2.75, 3.05) is 20.2 Å². The molecule has 210 valence electrons. The van der Waals surface area contributed by atoms with Crippen molar-refractivity contribution in [2.45, 2.75) is 49.1 Å². The SMILES string of the molecule is COc1ccc(S(=O)(=O)N[C@@H](CCCCN)C(=O)N2CCC[C@H]2C(=O)NC(=O)c2ccc(C(=N)N)cc2)cc1. The van der Waals surface area contributed by atoms with Crippen LogP contribution in [0.4, 0.5) is 0 Å². The summed E-state index contributed by atoms with van der Waals surface area (Å²) < 4.78 is 33.7. The molecule has 12 nitrogen and oxygen atoms in total. The van der Waals surface area contributed by atoms with Crippen LogP contribution in [0.1, 0.15) is 48.0 Å². The van der Waals surface area contributed by atoms with E-state index in [0.29, 0.717) is 43.5 Å². The summed E-state index contributed by atoms with van der Waals surface area (Å²) in [4.78, 5) is 40.5. The van der Waals surface area contributed by atoms with Crippen molar-refractivity contribution in [3.8, 4) is 5.75 Å². The molecule has 0 unspecified atom stereocenters. The van der Waals surface area contributed by atoms with Crippen molar-refractivity contribution in [2.24, 2.45) is 11.5 Å². The van der Waals surface area contributed by atoms with Crippen molar-refractivity contribution in [1.29, 1.82) is 5.41 Å². The maximum absolute atomic E-state index is 13.6. The molecule has 2 atom stereocenters. The maximum atomic E-state index is 13.6. The van der Waals surface area contributed by atoms with E-state index in [1.54, 1.807) is 0 Å². The molecule has 0 radical (unpaired) electrons. The van der Waals surface area contributed by atoms with Gasteiger partial charge in [-0.15, -0.1) is 0 Å². The van der Waals surface area contributed by atoms with Gasteiger partial charge in [0.15, 0.2) is 0 Å². The third-order valence-corrected chi connectivity index (χ3v) is 7.93. The molecule has 1 aliphatic heterocycles. The van der Waals surface area contributed by atoms with E-state index in [1.165, 1.54) is 60.5 Å². The Morgan fingerprint density at radius 1 is 1.08 bits per heavy atom. The lowest BCUT2D eigenvalue weighted by Crippen LogP contribution is -2.54. The molecule has 0 aromatic heterocycles. The lowest BCUT2D eigenvalue weighted by Gasteiger charge is -2.28. The Labute approximate surface area is 227 Å². The van der Waals surface area contributed by atoms with Crippen LogP contribution in [0.2, 0.25) is 0 Å². The fraction of sp³-hybridized carbons (Fsp3) is 0.385. The van der Waals surface area contributed by atoms with Crippen molar-refractivity contribution in [3.05, 3.63) is 59.7 Å². The van der Waals surface area contributed by atoms with E-state index in [1.807, 2.05) is 0 Å². The minimum atomic E-state index is -4.06. The Morgan fingerprint density at radius 3 is 2.31 bits per heavy atom. The number of nitrogens with two attached hydrogens (primary N) is 2. The summed E-state index contributed by atoms with van der Waals surface area (Å²) in [5, 5.41) is 9.77. The number of methoxy groups -OCH3 is 1. The first kappa shape index (κ1) is 29.7. The molecular weight excluding hydrogens is 524 g/mol. The van der Waals surface area contributed by atoms with Gasteiger partial charge in [0.25, 0.3) is 5.91 Å². The smallest absolute Gasteiger partial charge is 0.257 e. The van der Waals surface area contributed by atoms with Crippen LogP contribution in [-0.2, 0) is 19.6 Å². The predicted molar refractivity (Wildman–Crippen MR) is 145 cm³/mol. The van der Waals surface area contributed by atoms with Crippen LogP contribution in [0, 0.1) is 5.41 Å². The number of imide groups is 1. The number of ether oxygens (including phenoxy) is 1. The second kappa shape index (κ2) is 13.3. The number of hydrogen-bond acceptors (Lipinski definition) is 8. The number of benzene rings is 2. The largest absolute Gasteiger partial charge is 0.497 e. The molecule has 39 heavy (non-hydrogen) atoms. The highest BCUT2D eigenvalue weighted by molar-refractivity contribution is 7.89. The quantitative estimate of drug-likeness (QED) is 0.108. The van der Waals surface area contributed by atoms with Gasteiger partial charge in [0.2, 0.25) is 21.8 Å². The van der Waals surface area contributed by atoms with Crippen LogP contribution in [0.5, 0.6) is 5.75 Å². The van der Waals surface area contributed by atoms with Crippen LogP contribution in [0.15, 0.2) is 53.4 Å². The molecule has 2 aromatic carbocycles. The number of carbonyl (C=O) groups is 3. The third kappa shape index (κ3) is 7.62. The van der Waals surface area contributed by atoms with E-state index >= 15 is 0 Å². The molecule has 0 saturated carbocycles. The highest BCUT2D eigenvalue weighted by Crippen LogP contribution is 2.22. The number of amides is 3. The summed E-state index contributed by atoms with van der Waals surface area (Å²) in [5.41, 5.74) is 11.6. The van der Waals surface area contributed by atoms with Gasteiger partial charge in [-0.2, -0.15) is 4.72 Å². The van der Waals surface area contributed by atoms with Crippen LogP contribution in [0.3, 0.4) is 0 Å². The van der Waals surface area contributed by atoms with Crippen LogP contribution in [0.25, 0.3) is 0 Å². The van der Waals surface area contributed by atoms with Gasteiger partial charge in [0, 0.05) is 17.7 Å². The van der Waals surface area contributed by atoms with Gasteiger partial charge >= 0.3 is 0 Å². The maximum Gasteiger partial charge on any atom is 0.257 e. The van der Waals surface area contributed by atoms with Crippen molar-refractivity contribution in [3.63, 3.8) is 0 Å². The molecule has 0 bridgehead atoms. The molecule has 7 N–H and O–H groups in total. The number of hydrogen-bond donors (Lipinski definition) is 5. The first-order chi connectivity index (χ1) is 18.6. The lowest BCUT2D eigenvalue weighted by atomic mass is 10.1. The monoisotopic (exact) mass is 558 g/mol. The lowest BCUT2D eigenvalue weighted by molar-refractivity contribution is -0.139. The fourth-order valence-electron chi connectivity index (χ4n) is 4.31. The Balaban J connectivity index is 1.74. The molecule has 1 fully saturated rings. The third-order valence-electron chi connectivity index (χ3n) is 6.45. The Bertz CT molecular complexity index is 1300. The first-order valence-corrected chi connectivity index (χ1v) is 14.0. The average Bonchev–Trinajstić information content (AvgIpc) is 3.42. The highest BCUT2D eigenvalue weighted by atomic mass is 32.2. The van der Waals surface area contributed by atoms with Crippen LogP contribution < -0.4 is 26.2 Å². The van der Waals surface area contributed by atoms with Gasteiger partial charge in [-0.05, 0) is 68.6 Å². The molecule has 3 rings (SSSR count). The summed E-state index contributed by atoms with van der Waals surface area (Å²) in [6, 6.07) is 9.59. The molecule has 0 aliphatic carbocycles. The van der Waals surface area contributed by atoms with Crippen molar-refractivity contribution >= 4 is 33.6 Å². The number of nitrogens with zero attached hydrogens (tertiary/aromatic N) is 1. The standard InChI is InChI=1S/C26H34N6O6S/c1-38-19-11-13-20(14-12-19)39(36,37)31-21(5-2-3-15-27)26(35)32-16-4-6-22(32)25(34)30-24(33)18-9-7-17(8-10-18)23(28)29/h7-14,21-22,31H,2-6,15-16,27H2,1H3,(H3,28,29)(H,30,33,34)/t21-,22-/m0/s1. The van der Waals surface area contributed by atoms with Gasteiger partial charge in [-0.1, -0.05) is 18.6 Å². The Kier molecular flexibility index (Phi) is 10.2. The van der Waals surface area contributed by atoms with E-state index in [2.05, 4.69) is 10.0 Å². The first-order valence-electron chi connectivity index (χ1n) is 12.5. The molecule has 1 aliphatic rings. The number of amidine groups is 1. The van der Waals surface area contributed by atoms with Crippen LogP contribution >= 0.6 is 0 Å². The second-order valence-electron chi connectivity index (χ2n) is 9.13. The number of carbonyl (C=O) groups excluding carboxylic acids is 3. The molecule has 2 aromatic rings. The topological polar surface area (TPSA) is 198 Å². The minimum Gasteiger partial charge on any atom is -0.497 e. The van der Waals surface area contributed by atoms with Gasteiger partial charge < -0.3 is 21.1 Å². The number of nitrogen functional groups attached to an aromatic ring is 1. The van der Waals surface area contributed by atoms with Gasteiger partial charge in [-0.25, -0.2) is 8.42 Å². The van der Waals surface area contributed by atoms with E-state index in [0.717, 1.165) is 0 Å². The van der Waals surface area contributed by atoms with E-state index in [9.17, 15) is 22.8 Å². The molecule has 0 spiro atoms. The number of sulfonamides is 1. The van der Waals surface area contributed by atoms with Gasteiger partial charge in [-0.3, -0.25) is 25.1 Å². The molecule has 3 amide bonds. The number of likely N-dealkylation sites (tertiary alicyclic amines) is 1. The number of rotatable bonds is 12. The van der Waals surface area contributed by atoms with E-state index in [4.69, 9.17) is 21.6 Å². The summed E-state index contributed by atoms with van der Waals surface area (Å²) in [6.45, 7) is 0.631. The van der Waals surface area contributed by atoms with Gasteiger partial charge in [0.05, 0.1) is 12.0 Å². The minimum absolute atomic E-state index is 0.0305. The Hall–Kier alpha value is -3.81. The summed E-state index contributed by atoms with van der Waals surface area (Å²) in [5.74, 6) is -1.52. The zero-order valence-corrected chi connectivity index (χ0v) is 22.5. The van der Waals surface area contributed by atoms with E-state index < -0.39 is 39.8 Å². The van der Waals surface area contributed by atoms with Crippen molar-refractivity contribution in [1.82, 2.24) is 14.9 Å². The highest BCUT2D eigenvalue weighted by Gasteiger charge is 2.39. The zero-order chi connectivity index (χ0) is 28.6.